The Hall–Kier alpha value is -2.48. The van der Waals surface area contributed by atoms with Crippen molar-refractivity contribution < 1.29 is 18.3 Å². The van der Waals surface area contributed by atoms with Crippen molar-refractivity contribution in [2.45, 2.75) is 71.3 Å². The summed E-state index contributed by atoms with van der Waals surface area (Å²) in [6.07, 6.45) is -0.0356. The summed E-state index contributed by atoms with van der Waals surface area (Å²) in [5.74, 6) is -3.06. The number of amides is 1. The molecule has 0 aliphatic carbocycles. The molecule has 0 bridgehead atoms. The molecule has 0 saturated carbocycles. The number of hydrogen-bond donors (Lipinski definition) is 0. The number of fused-ring (bicyclic) bond motifs is 3. The van der Waals surface area contributed by atoms with Crippen LogP contribution in [0.1, 0.15) is 50.2 Å². The first kappa shape index (κ1) is 21.7. The highest BCUT2D eigenvalue weighted by molar-refractivity contribution is 5.69. The average molecular weight is 433 g/mol. The number of carbonyl (C=O) groups excluding carboxylic acids is 1. The average Bonchev–Trinajstić information content (AvgIpc) is 2.97. The Kier molecular flexibility index (Phi) is 5.54. The first-order chi connectivity index (χ1) is 14.5. The van der Waals surface area contributed by atoms with Gasteiger partial charge in [-0.15, -0.1) is 0 Å². The molecule has 1 aromatic heterocycles. The quantitative estimate of drug-likeness (QED) is 0.715. The Morgan fingerprint density at radius 2 is 1.94 bits per heavy atom. The minimum atomic E-state index is -3.06. The maximum Gasteiger partial charge on any atom is 0.410 e. The minimum Gasteiger partial charge on any atom is -0.444 e. The largest absolute Gasteiger partial charge is 0.444 e. The van der Waals surface area contributed by atoms with Crippen molar-refractivity contribution in [3.63, 3.8) is 0 Å². The van der Waals surface area contributed by atoms with Gasteiger partial charge in [-0.3, -0.25) is 9.58 Å². The lowest BCUT2D eigenvalue weighted by Crippen LogP contribution is -2.45. The van der Waals surface area contributed by atoms with E-state index >= 15 is 8.78 Å². The molecule has 1 aromatic carbocycles. The van der Waals surface area contributed by atoms with Gasteiger partial charge in [0.15, 0.2) is 0 Å². The van der Waals surface area contributed by atoms with Gasteiger partial charge in [-0.05, 0) is 33.3 Å². The topological polar surface area (TPSA) is 50.6 Å². The molecule has 0 fully saturated rings. The van der Waals surface area contributed by atoms with Crippen LogP contribution in [0.2, 0.25) is 0 Å². The van der Waals surface area contributed by atoms with Crippen LogP contribution >= 0.6 is 0 Å². The maximum absolute atomic E-state index is 15.5. The van der Waals surface area contributed by atoms with E-state index in [-0.39, 0.29) is 24.8 Å². The first-order valence-corrected chi connectivity index (χ1v) is 10.8. The van der Waals surface area contributed by atoms with Crippen LogP contribution < -0.4 is 0 Å². The zero-order valence-corrected chi connectivity index (χ0v) is 18.6. The Labute approximate surface area is 181 Å². The van der Waals surface area contributed by atoms with E-state index in [9.17, 15) is 4.79 Å². The van der Waals surface area contributed by atoms with Crippen molar-refractivity contribution in [3.8, 4) is 0 Å². The fourth-order valence-electron chi connectivity index (χ4n) is 4.38. The molecule has 4 rings (SSSR count). The van der Waals surface area contributed by atoms with Gasteiger partial charge < -0.3 is 9.64 Å². The second-order valence-corrected chi connectivity index (χ2v) is 9.56. The highest BCUT2D eigenvalue weighted by Crippen LogP contribution is 2.38. The standard InChI is InChI=1S/C23H30F2N4O2/c1-16-12-19-18(14-28(16)21(30)31-22(2,3)4)20-23(24,25)15-27(10-11-29(20)26-19)13-17-8-6-5-7-9-17/h5-9,16H,10-15H2,1-4H3/t16-/m1/s1. The van der Waals surface area contributed by atoms with Crippen LogP contribution in [0.3, 0.4) is 0 Å². The zero-order valence-electron chi connectivity index (χ0n) is 18.6. The molecular weight excluding hydrogens is 402 g/mol. The molecular formula is C23H30F2N4O2. The van der Waals surface area contributed by atoms with Gasteiger partial charge in [0, 0.05) is 31.1 Å². The van der Waals surface area contributed by atoms with E-state index in [0.29, 0.717) is 37.3 Å². The van der Waals surface area contributed by atoms with Gasteiger partial charge >= 0.3 is 12.0 Å². The number of alkyl halides is 2. The van der Waals surface area contributed by atoms with E-state index in [0.717, 1.165) is 5.56 Å². The number of benzene rings is 1. The van der Waals surface area contributed by atoms with Crippen molar-refractivity contribution in [3.05, 3.63) is 52.8 Å². The molecule has 2 aliphatic rings. The van der Waals surface area contributed by atoms with Crippen molar-refractivity contribution in [2.24, 2.45) is 0 Å². The zero-order chi connectivity index (χ0) is 22.4. The fraction of sp³-hybridized carbons (Fsp3) is 0.565. The summed E-state index contributed by atoms with van der Waals surface area (Å²) in [6.45, 7) is 8.36. The van der Waals surface area contributed by atoms with Crippen LogP contribution in [-0.4, -0.2) is 50.4 Å². The molecule has 1 atom stereocenters. The Bertz CT molecular complexity index is 952. The summed E-state index contributed by atoms with van der Waals surface area (Å²) < 4.78 is 37.9. The van der Waals surface area contributed by atoms with E-state index in [1.54, 1.807) is 30.6 Å². The number of hydrogen-bond acceptors (Lipinski definition) is 4. The summed E-state index contributed by atoms with van der Waals surface area (Å²) in [6, 6.07) is 9.48. The molecule has 8 heteroatoms. The molecule has 2 aliphatic heterocycles. The van der Waals surface area contributed by atoms with Gasteiger partial charge in [0.2, 0.25) is 0 Å². The molecule has 0 saturated heterocycles. The van der Waals surface area contributed by atoms with E-state index in [1.165, 1.54) is 4.68 Å². The normalized spacial score (nSPS) is 21.2. The fourth-order valence-corrected chi connectivity index (χ4v) is 4.38. The molecule has 6 nitrogen and oxygen atoms in total. The summed E-state index contributed by atoms with van der Waals surface area (Å²) in [5.41, 5.74) is 1.44. The third-order valence-corrected chi connectivity index (χ3v) is 5.76. The molecule has 2 aromatic rings. The van der Waals surface area contributed by atoms with Crippen LogP contribution in [0.15, 0.2) is 30.3 Å². The number of halogens is 2. The van der Waals surface area contributed by atoms with Crippen molar-refractivity contribution in [1.29, 1.82) is 0 Å². The van der Waals surface area contributed by atoms with Crippen LogP contribution in [0, 0.1) is 0 Å². The van der Waals surface area contributed by atoms with E-state index < -0.39 is 17.6 Å². The lowest BCUT2D eigenvalue weighted by Gasteiger charge is -2.35. The van der Waals surface area contributed by atoms with Gasteiger partial charge in [-0.1, -0.05) is 30.3 Å². The third kappa shape index (κ3) is 4.59. The number of nitrogens with zero attached hydrogens (tertiary/aromatic N) is 4. The Balaban J connectivity index is 1.59. The highest BCUT2D eigenvalue weighted by atomic mass is 19.3. The van der Waals surface area contributed by atoms with Crippen LogP contribution in [0.25, 0.3) is 0 Å². The number of rotatable bonds is 2. The maximum atomic E-state index is 15.5. The smallest absolute Gasteiger partial charge is 0.410 e. The van der Waals surface area contributed by atoms with Gasteiger partial charge in [0.05, 0.1) is 25.3 Å². The molecule has 0 unspecified atom stereocenters. The third-order valence-electron chi connectivity index (χ3n) is 5.76. The molecule has 3 heterocycles. The number of ether oxygens (including phenoxy) is 1. The van der Waals surface area contributed by atoms with Gasteiger partial charge in [0.25, 0.3) is 0 Å². The summed E-state index contributed by atoms with van der Waals surface area (Å²) in [5, 5.41) is 4.54. The van der Waals surface area contributed by atoms with Crippen molar-refractivity contribution >= 4 is 6.09 Å². The molecule has 0 N–H and O–H groups in total. The molecule has 31 heavy (non-hydrogen) atoms. The molecule has 1 amide bonds. The molecule has 168 valence electrons. The van der Waals surface area contributed by atoms with Crippen LogP contribution in [0.5, 0.6) is 0 Å². The second kappa shape index (κ2) is 7.89. The summed E-state index contributed by atoms with van der Waals surface area (Å²) in [4.78, 5) is 16.0. The minimum absolute atomic E-state index is 0.0569. The highest BCUT2D eigenvalue weighted by Gasteiger charge is 2.45. The lowest BCUT2D eigenvalue weighted by molar-refractivity contribution is -0.0400. The van der Waals surface area contributed by atoms with E-state index in [1.807, 2.05) is 37.3 Å². The van der Waals surface area contributed by atoms with Crippen molar-refractivity contribution in [1.82, 2.24) is 19.6 Å². The van der Waals surface area contributed by atoms with Gasteiger partial charge in [-0.25, -0.2) is 4.79 Å². The number of aromatic nitrogens is 2. The first-order valence-electron chi connectivity index (χ1n) is 10.8. The summed E-state index contributed by atoms with van der Waals surface area (Å²) in [7, 11) is 0. The summed E-state index contributed by atoms with van der Waals surface area (Å²) >= 11 is 0. The lowest BCUT2D eigenvalue weighted by atomic mass is 9.97. The SMILES string of the molecule is C[C@@H]1Cc2nn3c(c2CN1C(=O)OC(C)(C)C)C(F)(F)CN(Cc1ccccc1)CC3. The Morgan fingerprint density at radius 3 is 2.61 bits per heavy atom. The molecule has 0 radical (unpaired) electrons. The van der Waals surface area contributed by atoms with E-state index in [4.69, 9.17) is 4.74 Å². The van der Waals surface area contributed by atoms with Gasteiger partial charge in [-0.2, -0.15) is 13.9 Å². The second-order valence-electron chi connectivity index (χ2n) is 9.56. The van der Waals surface area contributed by atoms with Crippen molar-refractivity contribution in [2.75, 3.05) is 13.1 Å². The number of carbonyl (C=O) groups is 1. The van der Waals surface area contributed by atoms with Crippen LogP contribution in [-0.2, 0) is 36.7 Å². The predicted molar refractivity (Wildman–Crippen MR) is 113 cm³/mol. The predicted octanol–water partition coefficient (Wildman–Crippen LogP) is 4.17. The molecule has 0 spiro atoms. The Morgan fingerprint density at radius 1 is 1.23 bits per heavy atom. The monoisotopic (exact) mass is 432 g/mol. The van der Waals surface area contributed by atoms with E-state index in [2.05, 4.69) is 5.10 Å². The van der Waals surface area contributed by atoms with Crippen LogP contribution in [0.4, 0.5) is 13.6 Å². The van der Waals surface area contributed by atoms with Gasteiger partial charge in [0.1, 0.15) is 11.3 Å².